The topological polar surface area (TPSA) is 63.2 Å². The van der Waals surface area contributed by atoms with E-state index in [-0.39, 0.29) is 17.6 Å². The van der Waals surface area contributed by atoms with Gasteiger partial charge in [0.25, 0.3) is 0 Å². The van der Waals surface area contributed by atoms with E-state index in [0.717, 1.165) is 32.0 Å². The largest absolute Gasteiger partial charge is 0.348 e. The van der Waals surface area contributed by atoms with Crippen molar-refractivity contribution in [2.24, 2.45) is 0 Å². The number of thiol groups is 1. The number of carbonyl (C=O) groups excluding carboxylic acids is 3. The van der Waals surface area contributed by atoms with Crippen molar-refractivity contribution < 1.29 is 14.4 Å². The Morgan fingerprint density at radius 3 is 2.40 bits per heavy atom. The molecule has 0 rings (SSSR count). The van der Waals surface area contributed by atoms with Crippen molar-refractivity contribution in [1.82, 2.24) is 5.32 Å². The number of hydrogen-bond acceptors (Lipinski definition) is 3. The molecule has 0 aliphatic carbocycles. The molecular weight excluding hydrogens is 214 g/mol. The molecular formula is C10H17NO3S. The van der Waals surface area contributed by atoms with Gasteiger partial charge in [0.05, 0.1) is 6.54 Å². The Labute approximate surface area is 95.2 Å². The third kappa shape index (κ3) is 11.1. The van der Waals surface area contributed by atoms with Gasteiger partial charge in [0.15, 0.2) is 0 Å². The van der Waals surface area contributed by atoms with Crippen LogP contribution >= 0.6 is 12.6 Å². The summed E-state index contributed by atoms with van der Waals surface area (Å²) < 4.78 is 0. The van der Waals surface area contributed by atoms with Crippen LogP contribution in [-0.2, 0) is 14.4 Å². The maximum Gasteiger partial charge on any atom is 0.220 e. The second-order valence-electron chi connectivity index (χ2n) is 3.29. The van der Waals surface area contributed by atoms with Crippen molar-refractivity contribution in [3.63, 3.8) is 0 Å². The standard InChI is InChI=1S/C10H17NO3S/c12-7-5-3-1-2-4-6-9(13)11-8-10(14)15/h7H,1-6,8H2,(H,11,13)(H,14,15). The SMILES string of the molecule is O=CCCCCCCC(=O)NCC(=O)S. The fourth-order valence-electron chi connectivity index (χ4n) is 1.13. The smallest absolute Gasteiger partial charge is 0.220 e. The molecule has 0 radical (unpaired) electrons. The maximum absolute atomic E-state index is 11.1. The summed E-state index contributed by atoms with van der Waals surface area (Å²) >= 11 is 3.53. The summed E-state index contributed by atoms with van der Waals surface area (Å²) in [6, 6.07) is 0. The fraction of sp³-hybridized carbons (Fsp3) is 0.700. The minimum atomic E-state index is -0.339. The number of hydrogen-bond donors (Lipinski definition) is 2. The Kier molecular flexibility index (Phi) is 9.16. The molecule has 0 fully saturated rings. The Morgan fingerprint density at radius 2 is 1.80 bits per heavy atom. The first-order valence-electron chi connectivity index (χ1n) is 5.09. The van der Waals surface area contributed by atoms with E-state index in [1.165, 1.54) is 0 Å². The van der Waals surface area contributed by atoms with E-state index in [9.17, 15) is 14.4 Å². The Morgan fingerprint density at radius 1 is 1.13 bits per heavy atom. The van der Waals surface area contributed by atoms with Crippen LogP contribution in [0.2, 0.25) is 0 Å². The molecule has 0 bridgehead atoms. The van der Waals surface area contributed by atoms with Crippen LogP contribution in [0.4, 0.5) is 0 Å². The molecule has 0 aliphatic rings. The van der Waals surface area contributed by atoms with Gasteiger partial charge in [0.2, 0.25) is 11.0 Å². The molecule has 86 valence electrons. The summed E-state index contributed by atoms with van der Waals surface area (Å²) in [5.41, 5.74) is 0. The lowest BCUT2D eigenvalue weighted by atomic mass is 10.1. The minimum absolute atomic E-state index is 0.00686. The van der Waals surface area contributed by atoms with Gasteiger partial charge in [-0.15, -0.1) is 12.6 Å². The van der Waals surface area contributed by atoms with Gasteiger partial charge in [-0.2, -0.15) is 0 Å². The number of aldehydes is 1. The van der Waals surface area contributed by atoms with Crippen LogP contribution in [0.1, 0.15) is 38.5 Å². The van der Waals surface area contributed by atoms with Crippen molar-refractivity contribution >= 4 is 29.9 Å². The molecule has 0 saturated heterocycles. The van der Waals surface area contributed by atoms with E-state index in [4.69, 9.17) is 0 Å². The van der Waals surface area contributed by atoms with Crippen molar-refractivity contribution in [3.05, 3.63) is 0 Å². The second-order valence-corrected chi connectivity index (χ2v) is 3.79. The molecule has 0 heterocycles. The molecule has 0 unspecified atom stereocenters. The molecule has 15 heavy (non-hydrogen) atoms. The van der Waals surface area contributed by atoms with Crippen LogP contribution in [0.5, 0.6) is 0 Å². The first kappa shape index (κ1) is 14.2. The van der Waals surface area contributed by atoms with Crippen LogP contribution in [0.15, 0.2) is 0 Å². The minimum Gasteiger partial charge on any atom is -0.348 e. The maximum atomic E-state index is 11.1. The third-order valence-electron chi connectivity index (χ3n) is 1.91. The van der Waals surface area contributed by atoms with E-state index >= 15 is 0 Å². The van der Waals surface area contributed by atoms with Gasteiger partial charge < -0.3 is 10.1 Å². The molecule has 0 atom stereocenters. The normalized spacial score (nSPS) is 9.67. The van der Waals surface area contributed by atoms with Crippen LogP contribution in [-0.4, -0.2) is 23.9 Å². The number of nitrogens with one attached hydrogen (secondary N) is 1. The molecule has 0 aromatic rings. The van der Waals surface area contributed by atoms with Crippen molar-refractivity contribution in [2.75, 3.05) is 6.54 Å². The molecule has 4 nitrogen and oxygen atoms in total. The first-order valence-corrected chi connectivity index (χ1v) is 5.53. The summed E-state index contributed by atoms with van der Waals surface area (Å²) in [7, 11) is 0. The number of carbonyl (C=O) groups is 3. The average molecular weight is 231 g/mol. The predicted molar refractivity (Wildman–Crippen MR) is 60.8 cm³/mol. The van der Waals surface area contributed by atoms with Crippen molar-refractivity contribution in [1.29, 1.82) is 0 Å². The highest BCUT2D eigenvalue weighted by molar-refractivity contribution is 7.96. The summed E-state index contributed by atoms with van der Waals surface area (Å²) in [6.07, 6.45) is 5.53. The fourth-order valence-corrected chi connectivity index (χ4v) is 1.21. The predicted octanol–water partition coefficient (Wildman–Crippen LogP) is 1.10. The highest BCUT2D eigenvalue weighted by Crippen LogP contribution is 2.04. The number of rotatable bonds is 9. The monoisotopic (exact) mass is 231 g/mol. The van der Waals surface area contributed by atoms with E-state index in [0.29, 0.717) is 12.8 Å². The van der Waals surface area contributed by atoms with Crippen LogP contribution in [0.3, 0.4) is 0 Å². The van der Waals surface area contributed by atoms with Gasteiger partial charge in [0, 0.05) is 12.8 Å². The van der Waals surface area contributed by atoms with Crippen LogP contribution in [0, 0.1) is 0 Å². The zero-order valence-corrected chi connectivity index (χ0v) is 9.59. The lowest BCUT2D eigenvalue weighted by Crippen LogP contribution is -2.27. The molecule has 1 N–H and O–H groups in total. The van der Waals surface area contributed by atoms with Crippen molar-refractivity contribution in [3.8, 4) is 0 Å². The van der Waals surface area contributed by atoms with Gasteiger partial charge in [-0.05, 0) is 12.8 Å². The van der Waals surface area contributed by atoms with E-state index in [1.54, 1.807) is 0 Å². The lowest BCUT2D eigenvalue weighted by molar-refractivity contribution is -0.123. The first-order chi connectivity index (χ1) is 7.16. The van der Waals surface area contributed by atoms with E-state index in [2.05, 4.69) is 17.9 Å². The highest BCUT2D eigenvalue weighted by atomic mass is 32.1. The number of unbranched alkanes of at least 4 members (excludes halogenated alkanes) is 4. The van der Waals surface area contributed by atoms with Crippen LogP contribution in [0.25, 0.3) is 0 Å². The molecule has 0 aromatic carbocycles. The summed E-state index contributed by atoms with van der Waals surface area (Å²) in [6.45, 7) is -0.00686. The Balaban J connectivity index is 3.23. The van der Waals surface area contributed by atoms with Gasteiger partial charge in [-0.1, -0.05) is 12.8 Å². The van der Waals surface area contributed by atoms with Crippen LogP contribution < -0.4 is 5.32 Å². The highest BCUT2D eigenvalue weighted by Gasteiger charge is 2.01. The molecule has 0 aromatic heterocycles. The van der Waals surface area contributed by atoms with Gasteiger partial charge >= 0.3 is 0 Å². The Hall–Kier alpha value is -0.840. The summed E-state index contributed by atoms with van der Waals surface area (Å²) in [5, 5.41) is 2.12. The Bertz CT molecular complexity index is 219. The number of amides is 1. The van der Waals surface area contributed by atoms with Crippen molar-refractivity contribution in [2.45, 2.75) is 38.5 Å². The van der Waals surface area contributed by atoms with Gasteiger partial charge in [0.1, 0.15) is 6.29 Å². The molecule has 1 amide bonds. The van der Waals surface area contributed by atoms with Gasteiger partial charge in [-0.3, -0.25) is 9.59 Å². The molecule has 5 heteroatoms. The quantitative estimate of drug-likeness (QED) is 0.355. The van der Waals surface area contributed by atoms with E-state index < -0.39 is 0 Å². The van der Waals surface area contributed by atoms with E-state index in [1.807, 2.05) is 0 Å². The van der Waals surface area contributed by atoms with Gasteiger partial charge in [-0.25, -0.2) is 0 Å². The zero-order chi connectivity index (χ0) is 11.5. The summed E-state index contributed by atoms with van der Waals surface area (Å²) in [5.74, 6) is -0.118. The lowest BCUT2D eigenvalue weighted by Gasteiger charge is -2.01. The third-order valence-corrected chi connectivity index (χ3v) is 2.07. The average Bonchev–Trinajstić information content (AvgIpc) is 2.20. The molecule has 0 saturated carbocycles. The second kappa shape index (κ2) is 9.71. The molecule has 0 aliphatic heterocycles. The summed E-state index contributed by atoms with van der Waals surface area (Å²) in [4.78, 5) is 31.5. The molecule has 0 spiro atoms. The zero-order valence-electron chi connectivity index (χ0n) is 8.70.